The van der Waals surface area contributed by atoms with Gasteiger partial charge in [-0.2, -0.15) is 0 Å². The van der Waals surface area contributed by atoms with E-state index in [4.69, 9.17) is 0 Å². The molecule has 0 amide bonds. The van der Waals surface area contributed by atoms with Gasteiger partial charge in [0.2, 0.25) is 0 Å². The van der Waals surface area contributed by atoms with Crippen molar-refractivity contribution in [3.05, 3.63) is 0 Å². The molecule has 1 aliphatic rings. The fraction of sp³-hybridized carbons (Fsp3) is 1.00. The van der Waals surface area contributed by atoms with E-state index in [2.05, 4.69) is 38.0 Å². The summed E-state index contributed by atoms with van der Waals surface area (Å²) in [7, 11) is 2.23. The average molecular weight is 270 g/mol. The Morgan fingerprint density at radius 1 is 1.37 bits per heavy atom. The molecule has 114 valence electrons. The molecule has 0 spiro atoms. The van der Waals surface area contributed by atoms with Crippen molar-refractivity contribution in [1.82, 2.24) is 10.2 Å². The van der Waals surface area contributed by atoms with Gasteiger partial charge < -0.3 is 15.3 Å². The molecule has 0 aliphatic heterocycles. The molecule has 0 aromatic carbocycles. The Kier molecular flexibility index (Phi) is 7.33. The molecule has 0 heterocycles. The Labute approximate surface area is 119 Å². The minimum Gasteiger partial charge on any atom is -0.394 e. The highest BCUT2D eigenvalue weighted by Gasteiger charge is 2.33. The van der Waals surface area contributed by atoms with Gasteiger partial charge in [-0.05, 0) is 64.1 Å². The van der Waals surface area contributed by atoms with E-state index in [1.165, 1.54) is 19.4 Å². The summed E-state index contributed by atoms with van der Waals surface area (Å²) in [5.41, 5.74) is -0.0519. The topological polar surface area (TPSA) is 35.5 Å². The van der Waals surface area contributed by atoms with Crippen molar-refractivity contribution in [1.29, 1.82) is 0 Å². The SMILES string of the molecule is CCCNC(CC)(CO)CCCN(C)CC1CC1C. The molecule has 3 nitrogen and oxygen atoms in total. The highest BCUT2D eigenvalue weighted by molar-refractivity contribution is 4.87. The number of hydrogen-bond donors (Lipinski definition) is 2. The Bertz CT molecular complexity index is 241. The molecule has 3 atom stereocenters. The second-order valence-corrected chi connectivity index (χ2v) is 6.56. The Morgan fingerprint density at radius 3 is 2.53 bits per heavy atom. The first-order valence-corrected chi connectivity index (χ1v) is 8.11. The highest BCUT2D eigenvalue weighted by Crippen LogP contribution is 2.37. The predicted molar refractivity (Wildman–Crippen MR) is 82.4 cm³/mol. The van der Waals surface area contributed by atoms with E-state index < -0.39 is 0 Å². The molecule has 0 saturated heterocycles. The maximum absolute atomic E-state index is 9.68. The Balaban J connectivity index is 2.22. The van der Waals surface area contributed by atoms with Gasteiger partial charge in [0, 0.05) is 12.1 Å². The zero-order valence-electron chi connectivity index (χ0n) is 13.4. The first-order chi connectivity index (χ1) is 9.06. The first kappa shape index (κ1) is 16.9. The first-order valence-electron chi connectivity index (χ1n) is 8.11. The molecule has 1 rings (SSSR count). The minimum absolute atomic E-state index is 0.0519. The van der Waals surface area contributed by atoms with Crippen molar-refractivity contribution in [2.24, 2.45) is 11.8 Å². The van der Waals surface area contributed by atoms with Gasteiger partial charge in [0.25, 0.3) is 0 Å². The van der Waals surface area contributed by atoms with Crippen molar-refractivity contribution in [3.63, 3.8) is 0 Å². The van der Waals surface area contributed by atoms with Gasteiger partial charge in [0.15, 0.2) is 0 Å². The van der Waals surface area contributed by atoms with E-state index in [0.717, 1.165) is 44.2 Å². The van der Waals surface area contributed by atoms with Crippen LogP contribution in [0.1, 0.15) is 52.9 Å². The average Bonchev–Trinajstić information content (AvgIpc) is 3.09. The lowest BCUT2D eigenvalue weighted by Crippen LogP contribution is -2.48. The fourth-order valence-electron chi connectivity index (χ4n) is 2.86. The molecule has 19 heavy (non-hydrogen) atoms. The van der Waals surface area contributed by atoms with Crippen LogP contribution in [0.5, 0.6) is 0 Å². The van der Waals surface area contributed by atoms with Gasteiger partial charge >= 0.3 is 0 Å². The summed E-state index contributed by atoms with van der Waals surface area (Å²) < 4.78 is 0. The van der Waals surface area contributed by atoms with Crippen molar-refractivity contribution in [2.45, 2.75) is 58.4 Å². The van der Waals surface area contributed by atoms with Gasteiger partial charge in [-0.15, -0.1) is 0 Å². The van der Waals surface area contributed by atoms with Gasteiger partial charge in [-0.1, -0.05) is 20.8 Å². The Morgan fingerprint density at radius 2 is 2.05 bits per heavy atom. The molecule has 0 radical (unpaired) electrons. The zero-order chi connectivity index (χ0) is 14.3. The molecule has 2 N–H and O–H groups in total. The lowest BCUT2D eigenvalue weighted by Gasteiger charge is -2.33. The third-order valence-electron chi connectivity index (χ3n) is 4.75. The molecule has 0 bridgehead atoms. The molecule has 1 saturated carbocycles. The van der Waals surface area contributed by atoms with Crippen LogP contribution in [0.2, 0.25) is 0 Å². The molecule has 0 aromatic heterocycles. The van der Waals surface area contributed by atoms with E-state index >= 15 is 0 Å². The van der Waals surface area contributed by atoms with Crippen LogP contribution in [0.4, 0.5) is 0 Å². The summed E-state index contributed by atoms with van der Waals surface area (Å²) in [4.78, 5) is 2.46. The fourth-order valence-corrected chi connectivity index (χ4v) is 2.86. The largest absolute Gasteiger partial charge is 0.394 e. The van der Waals surface area contributed by atoms with Gasteiger partial charge in [0.05, 0.1) is 6.61 Å². The lowest BCUT2D eigenvalue weighted by molar-refractivity contribution is 0.140. The lowest BCUT2D eigenvalue weighted by atomic mass is 9.91. The minimum atomic E-state index is -0.0519. The summed E-state index contributed by atoms with van der Waals surface area (Å²) in [5.74, 6) is 1.89. The van der Waals surface area contributed by atoms with E-state index in [-0.39, 0.29) is 12.1 Å². The third kappa shape index (κ3) is 5.80. The second kappa shape index (κ2) is 8.23. The third-order valence-corrected chi connectivity index (χ3v) is 4.75. The summed E-state index contributed by atoms with van der Waals surface area (Å²) >= 11 is 0. The van der Waals surface area contributed by atoms with E-state index in [0.29, 0.717) is 0 Å². The van der Waals surface area contributed by atoms with Crippen LogP contribution in [0.15, 0.2) is 0 Å². The Hall–Kier alpha value is -0.120. The van der Waals surface area contributed by atoms with Crippen LogP contribution >= 0.6 is 0 Å². The molecule has 3 unspecified atom stereocenters. The molecular weight excluding hydrogens is 236 g/mol. The van der Waals surface area contributed by atoms with Crippen molar-refractivity contribution >= 4 is 0 Å². The number of aliphatic hydroxyl groups is 1. The van der Waals surface area contributed by atoms with Crippen LogP contribution in [0.25, 0.3) is 0 Å². The molecule has 1 fully saturated rings. The van der Waals surface area contributed by atoms with Crippen LogP contribution in [-0.4, -0.2) is 48.8 Å². The van der Waals surface area contributed by atoms with E-state index in [1.807, 2.05) is 0 Å². The monoisotopic (exact) mass is 270 g/mol. The van der Waals surface area contributed by atoms with Crippen LogP contribution in [0.3, 0.4) is 0 Å². The highest BCUT2D eigenvalue weighted by atomic mass is 16.3. The predicted octanol–water partition coefficient (Wildman–Crippen LogP) is 2.50. The van der Waals surface area contributed by atoms with E-state index in [1.54, 1.807) is 0 Å². The van der Waals surface area contributed by atoms with Crippen molar-refractivity contribution in [2.75, 3.05) is 33.3 Å². The molecule has 0 aromatic rings. The number of nitrogens with zero attached hydrogens (tertiary/aromatic N) is 1. The normalized spacial score (nSPS) is 25.6. The summed E-state index contributed by atoms with van der Waals surface area (Å²) in [6.07, 6.45) is 5.79. The maximum atomic E-state index is 9.68. The van der Waals surface area contributed by atoms with Crippen LogP contribution < -0.4 is 5.32 Å². The number of aliphatic hydroxyl groups excluding tert-OH is 1. The van der Waals surface area contributed by atoms with Crippen LogP contribution in [-0.2, 0) is 0 Å². The summed E-state index contributed by atoms with van der Waals surface area (Å²) in [6.45, 7) is 10.4. The van der Waals surface area contributed by atoms with Gasteiger partial charge in [0.1, 0.15) is 0 Å². The smallest absolute Gasteiger partial charge is 0.0613 e. The molecular formula is C16H34N2O. The quantitative estimate of drug-likeness (QED) is 0.605. The standard InChI is InChI=1S/C16H34N2O/c1-5-9-17-16(6-2,13-19)8-7-10-18(4)12-15-11-14(15)3/h14-15,17,19H,5-13H2,1-4H3. The zero-order valence-corrected chi connectivity index (χ0v) is 13.4. The van der Waals surface area contributed by atoms with Gasteiger partial charge in [-0.3, -0.25) is 0 Å². The number of rotatable bonds is 11. The number of nitrogens with one attached hydrogen (secondary N) is 1. The van der Waals surface area contributed by atoms with Gasteiger partial charge in [-0.25, -0.2) is 0 Å². The summed E-state index contributed by atoms with van der Waals surface area (Å²) in [6, 6.07) is 0. The second-order valence-electron chi connectivity index (χ2n) is 6.56. The molecule has 3 heteroatoms. The van der Waals surface area contributed by atoms with Crippen LogP contribution in [0, 0.1) is 11.8 Å². The van der Waals surface area contributed by atoms with Crippen molar-refractivity contribution < 1.29 is 5.11 Å². The summed E-state index contributed by atoms with van der Waals surface area (Å²) in [5, 5.41) is 13.2. The van der Waals surface area contributed by atoms with E-state index in [9.17, 15) is 5.11 Å². The maximum Gasteiger partial charge on any atom is 0.0613 e. The molecule has 1 aliphatic carbocycles. The number of hydrogen-bond acceptors (Lipinski definition) is 3. The van der Waals surface area contributed by atoms with Crippen molar-refractivity contribution in [3.8, 4) is 0 Å².